The Kier molecular flexibility index (Phi) is 11.3. The van der Waals surface area contributed by atoms with Gasteiger partial charge in [0.05, 0.1) is 6.54 Å². The predicted octanol–water partition coefficient (Wildman–Crippen LogP) is 8.20. The summed E-state index contributed by atoms with van der Waals surface area (Å²) in [5.41, 5.74) is 7.17. The van der Waals surface area contributed by atoms with E-state index < -0.39 is 6.04 Å². The highest BCUT2D eigenvalue weighted by atomic mass is 16.2. The lowest BCUT2D eigenvalue weighted by Gasteiger charge is -2.33. The molecule has 2 aliphatic rings. The molecule has 0 bridgehead atoms. The van der Waals surface area contributed by atoms with Crippen molar-refractivity contribution in [2.24, 2.45) is 0 Å². The van der Waals surface area contributed by atoms with Gasteiger partial charge in [-0.1, -0.05) is 94.8 Å². The van der Waals surface area contributed by atoms with Crippen molar-refractivity contribution in [1.29, 1.82) is 0 Å². The highest BCUT2D eigenvalue weighted by Crippen LogP contribution is 2.55. The predicted molar refractivity (Wildman–Crippen MR) is 188 cm³/mol. The van der Waals surface area contributed by atoms with Crippen LogP contribution < -0.4 is 10.6 Å². The number of aryl methyl sites for hydroxylation is 1. The summed E-state index contributed by atoms with van der Waals surface area (Å²) in [5.74, 6) is -0.663. The maximum Gasteiger partial charge on any atom is 0.247 e. The summed E-state index contributed by atoms with van der Waals surface area (Å²) in [4.78, 5) is 52.9. The average Bonchev–Trinajstić information content (AvgIpc) is 3.57. The number of nitrogens with one attached hydrogen (secondary N) is 2. The zero-order chi connectivity index (χ0) is 33.4. The van der Waals surface area contributed by atoms with Crippen LogP contribution in [0.1, 0.15) is 108 Å². The summed E-state index contributed by atoms with van der Waals surface area (Å²) in [6.45, 7) is 5.95. The summed E-state index contributed by atoms with van der Waals surface area (Å²) >= 11 is 0. The maximum absolute atomic E-state index is 13.7. The molecule has 7 nitrogen and oxygen atoms in total. The molecule has 0 unspecified atom stereocenters. The minimum Gasteiger partial charge on any atom is -0.326 e. The first kappa shape index (κ1) is 34.1. The van der Waals surface area contributed by atoms with Crippen molar-refractivity contribution in [2.75, 3.05) is 17.2 Å². The van der Waals surface area contributed by atoms with E-state index in [9.17, 15) is 19.2 Å². The monoisotopic (exact) mass is 635 g/mol. The van der Waals surface area contributed by atoms with Crippen LogP contribution in [-0.4, -0.2) is 41.0 Å². The smallest absolute Gasteiger partial charge is 0.247 e. The molecule has 2 N–H and O–H groups in total. The molecule has 3 amide bonds. The maximum atomic E-state index is 13.7. The normalized spacial score (nSPS) is 16.1. The Hall–Kier alpha value is -4.26. The molecule has 3 aromatic carbocycles. The van der Waals surface area contributed by atoms with Gasteiger partial charge in [-0.05, 0) is 77.8 Å². The highest BCUT2D eigenvalue weighted by molar-refractivity contribution is 6.04. The molecular weight excluding hydrogens is 586 g/mol. The first-order chi connectivity index (χ1) is 22.8. The third-order valence-corrected chi connectivity index (χ3v) is 9.83. The molecule has 3 aromatic rings. The quantitative estimate of drug-likeness (QED) is 0.165. The van der Waals surface area contributed by atoms with Crippen LogP contribution in [0, 0.1) is 0 Å². The van der Waals surface area contributed by atoms with Gasteiger partial charge in [-0.2, -0.15) is 0 Å². The van der Waals surface area contributed by atoms with Crippen molar-refractivity contribution in [3.05, 3.63) is 83.4 Å². The fourth-order valence-corrected chi connectivity index (χ4v) is 7.52. The van der Waals surface area contributed by atoms with Crippen molar-refractivity contribution >= 4 is 34.9 Å². The second-order valence-corrected chi connectivity index (χ2v) is 13.3. The van der Waals surface area contributed by atoms with Gasteiger partial charge in [0.1, 0.15) is 6.04 Å². The number of benzene rings is 3. The number of likely N-dealkylation sites (tertiary alicyclic amines) is 1. The Morgan fingerprint density at radius 2 is 1.38 bits per heavy atom. The summed E-state index contributed by atoms with van der Waals surface area (Å²) in [7, 11) is 0. The number of unbranched alkanes of at least 4 members (excludes halogenated alkanes) is 4. The molecule has 0 saturated carbocycles. The van der Waals surface area contributed by atoms with E-state index in [0.29, 0.717) is 18.5 Å². The molecule has 1 aliphatic carbocycles. The van der Waals surface area contributed by atoms with Crippen molar-refractivity contribution in [1.82, 2.24) is 4.90 Å². The first-order valence-electron chi connectivity index (χ1n) is 17.5. The first-order valence-corrected chi connectivity index (χ1v) is 17.5. The van der Waals surface area contributed by atoms with Gasteiger partial charge in [0.25, 0.3) is 0 Å². The molecule has 0 spiro atoms. The second-order valence-electron chi connectivity index (χ2n) is 13.3. The SMILES string of the molecule is CCCCCC1(CCCCC)c2cc(NC(C)=O)ccc2-c2ccc(NC(=O)[C@@H]3CC(=O)CN3C(=O)CCCc3ccccc3)cc21. The molecule has 0 radical (unpaired) electrons. The molecule has 1 heterocycles. The van der Waals surface area contributed by atoms with Crippen LogP contribution in [0.2, 0.25) is 0 Å². The van der Waals surface area contributed by atoms with Crippen LogP contribution in [0.4, 0.5) is 11.4 Å². The number of ketones is 1. The van der Waals surface area contributed by atoms with Crippen LogP contribution in [0.5, 0.6) is 0 Å². The number of nitrogens with zero attached hydrogens (tertiary/aromatic N) is 1. The molecule has 7 heteroatoms. The lowest BCUT2D eigenvalue weighted by atomic mass is 9.70. The van der Waals surface area contributed by atoms with Gasteiger partial charge >= 0.3 is 0 Å². The third-order valence-electron chi connectivity index (χ3n) is 9.83. The summed E-state index contributed by atoms with van der Waals surface area (Å²) in [6.07, 6.45) is 10.4. The molecule has 1 saturated heterocycles. The molecular formula is C40H49N3O4. The number of amides is 3. The molecule has 1 fully saturated rings. The number of hydrogen-bond acceptors (Lipinski definition) is 4. The number of rotatable bonds is 15. The van der Waals surface area contributed by atoms with E-state index >= 15 is 0 Å². The lowest BCUT2D eigenvalue weighted by Crippen LogP contribution is -2.43. The molecule has 1 aliphatic heterocycles. The van der Waals surface area contributed by atoms with E-state index in [1.165, 1.54) is 28.5 Å². The Morgan fingerprint density at radius 3 is 1.96 bits per heavy atom. The number of carbonyl (C=O) groups is 4. The summed E-state index contributed by atoms with van der Waals surface area (Å²) in [6, 6.07) is 21.6. The minimum absolute atomic E-state index is 0.0175. The average molecular weight is 636 g/mol. The molecule has 248 valence electrons. The fourth-order valence-electron chi connectivity index (χ4n) is 7.52. The van der Waals surface area contributed by atoms with Gasteiger partial charge in [0.15, 0.2) is 5.78 Å². The molecule has 47 heavy (non-hydrogen) atoms. The number of anilines is 2. The highest BCUT2D eigenvalue weighted by Gasteiger charge is 2.43. The van der Waals surface area contributed by atoms with Gasteiger partial charge in [-0.25, -0.2) is 0 Å². The van der Waals surface area contributed by atoms with Crippen LogP contribution in [0.3, 0.4) is 0 Å². The van der Waals surface area contributed by atoms with Gasteiger partial charge in [-0.15, -0.1) is 0 Å². The van der Waals surface area contributed by atoms with Gasteiger partial charge in [0, 0.05) is 36.6 Å². The van der Waals surface area contributed by atoms with Crippen molar-refractivity contribution in [2.45, 2.75) is 109 Å². The topological polar surface area (TPSA) is 95.6 Å². The molecule has 0 aromatic heterocycles. The fraction of sp³-hybridized carbons (Fsp3) is 0.450. The molecule has 1 atom stereocenters. The standard InChI is InChI=1S/C40H49N3O4/c1-4-6-11-22-40(23-12-7-5-2)35-24-30(41-28(3)44)18-20-33(35)34-21-19-31(25-36(34)40)42-39(47)37-26-32(45)27-43(37)38(46)17-13-16-29-14-9-8-10-15-29/h8-10,14-15,18-21,24-25,37H,4-7,11-13,16-17,22-23,26-27H2,1-3H3,(H,41,44)(H,42,47)/t37-/m0/s1. The van der Waals surface area contributed by atoms with E-state index in [1.54, 1.807) is 0 Å². The van der Waals surface area contributed by atoms with Gasteiger partial charge < -0.3 is 15.5 Å². The minimum atomic E-state index is -0.809. The van der Waals surface area contributed by atoms with E-state index in [0.717, 1.165) is 74.6 Å². The number of carbonyl (C=O) groups excluding carboxylic acids is 4. The largest absolute Gasteiger partial charge is 0.326 e. The molecule has 5 rings (SSSR count). The van der Waals surface area contributed by atoms with E-state index in [4.69, 9.17) is 0 Å². The number of Topliss-reactive ketones (excluding diaryl/α,β-unsaturated/α-hetero) is 1. The summed E-state index contributed by atoms with van der Waals surface area (Å²) in [5, 5.41) is 6.08. The third kappa shape index (κ3) is 7.83. The van der Waals surface area contributed by atoms with E-state index in [2.05, 4.69) is 48.7 Å². The van der Waals surface area contributed by atoms with Crippen LogP contribution in [-0.2, 0) is 31.0 Å². The number of hydrogen-bond donors (Lipinski definition) is 2. The Morgan fingerprint density at radius 1 is 0.787 bits per heavy atom. The van der Waals surface area contributed by atoms with Crippen molar-refractivity contribution in [3.8, 4) is 11.1 Å². The Labute approximate surface area is 279 Å². The van der Waals surface area contributed by atoms with E-state index in [1.807, 2.05) is 42.5 Å². The summed E-state index contributed by atoms with van der Waals surface area (Å²) < 4.78 is 0. The zero-order valence-electron chi connectivity index (χ0n) is 28.2. The second kappa shape index (κ2) is 15.6. The van der Waals surface area contributed by atoms with Crippen molar-refractivity contribution < 1.29 is 19.2 Å². The number of fused-ring (bicyclic) bond motifs is 3. The van der Waals surface area contributed by atoms with Crippen LogP contribution >= 0.6 is 0 Å². The van der Waals surface area contributed by atoms with Gasteiger partial charge in [-0.3, -0.25) is 19.2 Å². The van der Waals surface area contributed by atoms with Crippen molar-refractivity contribution in [3.63, 3.8) is 0 Å². The Bertz CT molecular complexity index is 1590. The zero-order valence-corrected chi connectivity index (χ0v) is 28.2. The van der Waals surface area contributed by atoms with Crippen LogP contribution in [0.15, 0.2) is 66.7 Å². The van der Waals surface area contributed by atoms with Crippen LogP contribution in [0.25, 0.3) is 11.1 Å². The van der Waals surface area contributed by atoms with Gasteiger partial charge in [0.2, 0.25) is 17.7 Å². The Balaban J connectivity index is 1.40. The van der Waals surface area contributed by atoms with E-state index in [-0.39, 0.29) is 41.9 Å². The lowest BCUT2D eigenvalue weighted by molar-refractivity contribution is -0.137.